The summed E-state index contributed by atoms with van der Waals surface area (Å²) >= 11 is 6.05. The quantitative estimate of drug-likeness (QED) is 0.489. The molecule has 0 aromatic heterocycles. The van der Waals surface area contributed by atoms with Gasteiger partial charge in [-0.2, -0.15) is 0 Å². The third-order valence-electron chi connectivity index (χ3n) is 4.46. The number of rotatable bonds is 8. The van der Waals surface area contributed by atoms with Crippen molar-refractivity contribution >= 4 is 17.5 Å². The molecule has 1 atom stereocenters. The Hall–Kier alpha value is -2.78. The number of hydrogen-bond acceptors (Lipinski definition) is 2. The summed E-state index contributed by atoms with van der Waals surface area (Å²) in [6.45, 7) is 3.02. The van der Waals surface area contributed by atoms with Crippen LogP contribution in [0.2, 0.25) is 5.02 Å². The van der Waals surface area contributed by atoms with E-state index in [0.717, 1.165) is 11.1 Å². The van der Waals surface area contributed by atoms with E-state index in [0.29, 0.717) is 30.3 Å². The van der Waals surface area contributed by atoms with Gasteiger partial charge in [-0.3, -0.25) is 4.79 Å². The lowest BCUT2D eigenvalue weighted by Crippen LogP contribution is -2.41. The van der Waals surface area contributed by atoms with Crippen LogP contribution in [0.5, 0.6) is 5.75 Å². The summed E-state index contributed by atoms with van der Waals surface area (Å²) < 4.78 is 5.99. The van der Waals surface area contributed by atoms with Gasteiger partial charge in [-0.25, -0.2) is 0 Å². The van der Waals surface area contributed by atoms with Crippen LogP contribution in [0.3, 0.4) is 0 Å². The second-order valence-electron chi connectivity index (χ2n) is 6.64. The lowest BCUT2D eigenvalue weighted by atomic mass is 10.1. The predicted molar refractivity (Wildman–Crippen MR) is 113 cm³/mol. The fourth-order valence-corrected chi connectivity index (χ4v) is 3.22. The van der Waals surface area contributed by atoms with Crippen molar-refractivity contribution < 1.29 is 9.53 Å². The average molecular weight is 394 g/mol. The first-order valence-electron chi connectivity index (χ1n) is 9.44. The Labute approximate surface area is 171 Å². The van der Waals surface area contributed by atoms with Gasteiger partial charge in [0.1, 0.15) is 5.75 Å². The van der Waals surface area contributed by atoms with Crippen LogP contribution in [0.15, 0.2) is 84.9 Å². The molecular formula is C24H24ClNO2. The zero-order chi connectivity index (χ0) is 19.8. The summed E-state index contributed by atoms with van der Waals surface area (Å²) in [5.74, 6) is 0.572. The van der Waals surface area contributed by atoms with E-state index in [1.54, 1.807) is 12.1 Å². The van der Waals surface area contributed by atoms with E-state index in [2.05, 4.69) is 0 Å². The normalized spacial score (nSPS) is 11.6. The smallest absolute Gasteiger partial charge is 0.264 e. The molecular weight excluding hydrogens is 370 g/mol. The number of carbonyl (C=O) groups is 1. The third-order valence-corrected chi connectivity index (χ3v) is 4.70. The minimum Gasteiger partial charge on any atom is -0.481 e. The molecule has 0 radical (unpaired) electrons. The van der Waals surface area contributed by atoms with E-state index in [1.807, 2.05) is 84.6 Å². The Morgan fingerprint density at radius 2 is 1.46 bits per heavy atom. The molecule has 3 rings (SSSR count). The van der Waals surface area contributed by atoms with E-state index in [-0.39, 0.29) is 5.91 Å². The molecule has 4 heteroatoms. The molecule has 3 aromatic rings. The maximum atomic E-state index is 13.3. The van der Waals surface area contributed by atoms with Crippen LogP contribution >= 0.6 is 11.6 Å². The zero-order valence-corrected chi connectivity index (χ0v) is 16.7. The second kappa shape index (κ2) is 9.95. The molecule has 0 saturated heterocycles. The van der Waals surface area contributed by atoms with Crippen molar-refractivity contribution in [2.75, 3.05) is 0 Å². The Morgan fingerprint density at radius 3 is 1.96 bits per heavy atom. The molecule has 1 unspecified atom stereocenters. The SMILES string of the molecule is CCC(Oc1cccc(Cl)c1)C(=O)N(Cc1ccccc1)Cc1ccccc1. The number of ether oxygens (including phenoxy) is 1. The topological polar surface area (TPSA) is 29.5 Å². The molecule has 0 spiro atoms. The van der Waals surface area contributed by atoms with Crippen molar-refractivity contribution in [2.45, 2.75) is 32.5 Å². The molecule has 0 N–H and O–H groups in total. The molecule has 3 aromatic carbocycles. The maximum absolute atomic E-state index is 13.3. The number of hydrogen-bond donors (Lipinski definition) is 0. The Bertz CT molecular complexity index is 842. The first kappa shape index (κ1) is 20.0. The first-order valence-corrected chi connectivity index (χ1v) is 9.82. The van der Waals surface area contributed by atoms with Crippen LogP contribution in [0.4, 0.5) is 0 Å². The van der Waals surface area contributed by atoms with Crippen LogP contribution in [-0.4, -0.2) is 16.9 Å². The van der Waals surface area contributed by atoms with Crippen LogP contribution in [0.25, 0.3) is 0 Å². The molecule has 1 amide bonds. The molecule has 0 bridgehead atoms. The van der Waals surface area contributed by atoms with E-state index in [9.17, 15) is 4.79 Å². The van der Waals surface area contributed by atoms with Gasteiger partial charge in [0.05, 0.1) is 0 Å². The average Bonchev–Trinajstić information content (AvgIpc) is 2.72. The van der Waals surface area contributed by atoms with Crippen molar-refractivity contribution in [3.63, 3.8) is 0 Å². The van der Waals surface area contributed by atoms with Crippen LogP contribution in [0.1, 0.15) is 24.5 Å². The Kier molecular flexibility index (Phi) is 7.10. The standard InChI is InChI=1S/C24H24ClNO2/c1-2-23(28-22-15-9-14-21(25)16-22)24(27)26(17-19-10-5-3-6-11-19)18-20-12-7-4-8-13-20/h3-16,23H,2,17-18H2,1H3. The van der Waals surface area contributed by atoms with Gasteiger partial charge >= 0.3 is 0 Å². The van der Waals surface area contributed by atoms with Crippen molar-refractivity contribution in [3.05, 3.63) is 101 Å². The summed E-state index contributed by atoms with van der Waals surface area (Å²) in [6, 6.07) is 27.2. The van der Waals surface area contributed by atoms with Crippen LogP contribution < -0.4 is 4.74 Å². The molecule has 0 aliphatic rings. The van der Waals surface area contributed by atoms with Crippen molar-refractivity contribution in [3.8, 4) is 5.75 Å². The Morgan fingerprint density at radius 1 is 0.893 bits per heavy atom. The summed E-state index contributed by atoms with van der Waals surface area (Å²) in [7, 11) is 0. The number of amides is 1. The molecule has 0 aliphatic heterocycles. The highest BCUT2D eigenvalue weighted by Gasteiger charge is 2.25. The van der Waals surface area contributed by atoms with Gasteiger partial charge in [0, 0.05) is 18.1 Å². The van der Waals surface area contributed by atoms with Gasteiger partial charge in [-0.15, -0.1) is 0 Å². The molecule has 0 heterocycles. The molecule has 3 nitrogen and oxygen atoms in total. The van der Waals surface area contributed by atoms with Gasteiger partial charge in [0.2, 0.25) is 0 Å². The molecule has 144 valence electrons. The number of halogens is 1. The summed E-state index contributed by atoms with van der Waals surface area (Å²) in [4.78, 5) is 15.2. The van der Waals surface area contributed by atoms with Gasteiger partial charge < -0.3 is 9.64 Å². The predicted octanol–water partition coefficient (Wildman–Crippen LogP) is 5.73. The number of benzene rings is 3. The lowest BCUT2D eigenvalue weighted by molar-refractivity contribution is -0.140. The minimum absolute atomic E-state index is 0.0322. The zero-order valence-electron chi connectivity index (χ0n) is 15.9. The molecule has 28 heavy (non-hydrogen) atoms. The third kappa shape index (κ3) is 5.61. The van der Waals surface area contributed by atoms with Gasteiger partial charge in [0.25, 0.3) is 5.91 Å². The maximum Gasteiger partial charge on any atom is 0.264 e. The fourth-order valence-electron chi connectivity index (χ4n) is 3.04. The Balaban J connectivity index is 1.80. The summed E-state index contributed by atoms with van der Waals surface area (Å²) in [5.41, 5.74) is 2.17. The van der Waals surface area contributed by atoms with E-state index >= 15 is 0 Å². The van der Waals surface area contributed by atoms with Gasteiger partial charge in [0.15, 0.2) is 6.10 Å². The highest BCUT2D eigenvalue weighted by atomic mass is 35.5. The minimum atomic E-state index is -0.564. The monoisotopic (exact) mass is 393 g/mol. The first-order chi connectivity index (χ1) is 13.7. The highest BCUT2D eigenvalue weighted by Crippen LogP contribution is 2.21. The lowest BCUT2D eigenvalue weighted by Gasteiger charge is -2.28. The van der Waals surface area contributed by atoms with Crippen molar-refractivity contribution in [1.29, 1.82) is 0 Å². The summed E-state index contributed by atoms with van der Waals surface area (Å²) in [5, 5.41) is 0.588. The van der Waals surface area contributed by atoms with Crippen LogP contribution in [0, 0.1) is 0 Å². The number of nitrogens with zero attached hydrogens (tertiary/aromatic N) is 1. The van der Waals surface area contributed by atoms with Gasteiger partial charge in [-0.05, 0) is 35.7 Å². The summed E-state index contributed by atoms with van der Waals surface area (Å²) in [6.07, 6.45) is 0.0108. The molecule has 0 fully saturated rings. The van der Waals surface area contributed by atoms with Crippen molar-refractivity contribution in [1.82, 2.24) is 4.90 Å². The largest absolute Gasteiger partial charge is 0.481 e. The number of carbonyl (C=O) groups excluding carboxylic acids is 1. The molecule has 0 aliphatic carbocycles. The van der Waals surface area contributed by atoms with E-state index < -0.39 is 6.10 Å². The molecule has 0 saturated carbocycles. The van der Waals surface area contributed by atoms with E-state index in [1.165, 1.54) is 0 Å². The van der Waals surface area contributed by atoms with Gasteiger partial charge in [-0.1, -0.05) is 85.3 Å². The van der Waals surface area contributed by atoms with Crippen LogP contribution in [-0.2, 0) is 17.9 Å². The second-order valence-corrected chi connectivity index (χ2v) is 7.07. The highest BCUT2D eigenvalue weighted by molar-refractivity contribution is 6.30. The fraction of sp³-hybridized carbons (Fsp3) is 0.208. The van der Waals surface area contributed by atoms with E-state index in [4.69, 9.17) is 16.3 Å². The van der Waals surface area contributed by atoms with Crippen molar-refractivity contribution in [2.24, 2.45) is 0 Å².